The van der Waals surface area contributed by atoms with Crippen LogP contribution in [0.15, 0.2) is 24.3 Å². The molecule has 2 aromatic rings. The average Bonchev–Trinajstić information content (AvgIpc) is 2.90. The summed E-state index contributed by atoms with van der Waals surface area (Å²) < 4.78 is 0. The Kier molecular flexibility index (Phi) is 4.11. The van der Waals surface area contributed by atoms with E-state index in [1.807, 2.05) is 0 Å². The number of nitrogens with zero attached hydrogens (tertiary/aromatic N) is 2. The molecule has 1 N–H and O–H groups in total. The summed E-state index contributed by atoms with van der Waals surface area (Å²) >= 11 is 0. The van der Waals surface area contributed by atoms with E-state index in [0.29, 0.717) is 6.04 Å². The van der Waals surface area contributed by atoms with E-state index < -0.39 is 0 Å². The molecule has 0 bridgehead atoms. The van der Waals surface area contributed by atoms with Crippen molar-refractivity contribution in [2.24, 2.45) is 0 Å². The van der Waals surface area contributed by atoms with Crippen molar-refractivity contribution >= 4 is 16.7 Å². The third kappa shape index (κ3) is 3.03. The van der Waals surface area contributed by atoms with Gasteiger partial charge in [-0.1, -0.05) is 13.0 Å². The van der Waals surface area contributed by atoms with Crippen LogP contribution in [0.5, 0.6) is 0 Å². The Labute approximate surface area is 127 Å². The molecule has 0 spiro atoms. The van der Waals surface area contributed by atoms with E-state index in [2.05, 4.69) is 55.4 Å². The molecule has 1 fully saturated rings. The Hall–Kier alpha value is -1.61. The lowest BCUT2D eigenvalue weighted by Crippen LogP contribution is -2.31. The summed E-state index contributed by atoms with van der Waals surface area (Å²) in [7, 11) is 2.21. The first-order valence-corrected chi connectivity index (χ1v) is 8.01. The second-order valence-corrected chi connectivity index (χ2v) is 6.19. The van der Waals surface area contributed by atoms with Crippen molar-refractivity contribution in [2.45, 2.75) is 39.2 Å². The Bertz CT molecular complexity index is 636. The molecule has 1 aromatic heterocycles. The monoisotopic (exact) mass is 283 g/mol. The van der Waals surface area contributed by atoms with Gasteiger partial charge in [0.05, 0.1) is 5.52 Å². The first-order valence-electron chi connectivity index (χ1n) is 8.01. The summed E-state index contributed by atoms with van der Waals surface area (Å²) in [4.78, 5) is 7.21. The molecule has 1 aromatic carbocycles. The van der Waals surface area contributed by atoms with Crippen molar-refractivity contribution in [3.05, 3.63) is 35.4 Å². The number of hydrogen-bond donors (Lipinski definition) is 1. The molecule has 1 saturated heterocycles. The van der Waals surface area contributed by atoms with Crippen LogP contribution in [-0.2, 0) is 6.42 Å². The number of benzene rings is 1. The molecule has 3 rings (SSSR count). The predicted octanol–water partition coefficient (Wildman–Crippen LogP) is 3.61. The van der Waals surface area contributed by atoms with Crippen LogP contribution in [0.3, 0.4) is 0 Å². The van der Waals surface area contributed by atoms with Gasteiger partial charge < -0.3 is 10.2 Å². The van der Waals surface area contributed by atoms with Crippen molar-refractivity contribution < 1.29 is 0 Å². The Morgan fingerprint density at radius 3 is 2.90 bits per heavy atom. The highest BCUT2D eigenvalue weighted by Gasteiger charge is 2.20. The highest BCUT2D eigenvalue weighted by Crippen LogP contribution is 2.22. The second-order valence-electron chi connectivity index (χ2n) is 6.19. The summed E-state index contributed by atoms with van der Waals surface area (Å²) in [5.41, 5.74) is 3.77. The quantitative estimate of drug-likeness (QED) is 0.929. The van der Waals surface area contributed by atoms with Gasteiger partial charge in [0.25, 0.3) is 0 Å². The van der Waals surface area contributed by atoms with Gasteiger partial charge >= 0.3 is 0 Å². The molecule has 2 heterocycles. The predicted molar refractivity (Wildman–Crippen MR) is 90.0 cm³/mol. The lowest BCUT2D eigenvalue weighted by molar-refractivity contribution is 0.322. The molecule has 0 saturated carbocycles. The minimum Gasteiger partial charge on any atom is -0.368 e. The van der Waals surface area contributed by atoms with E-state index in [1.54, 1.807) is 0 Å². The molecule has 0 aliphatic carbocycles. The number of aromatic nitrogens is 1. The molecule has 1 aliphatic heterocycles. The number of nitrogens with one attached hydrogen (secondary N) is 1. The molecule has 1 aliphatic rings. The molecule has 21 heavy (non-hydrogen) atoms. The van der Waals surface area contributed by atoms with Crippen LogP contribution in [0, 0.1) is 6.92 Å². The van der Waals surface area contributed by atoms with E-state index in [-0.39, 0.29) is 0 Å². The third-order valence-electron chi connectivity index (χ3n) is 4.68. The fraction of sp³-hybridized carbons (Fsp3) is 0.500. The second kappa shape index (κ2) is 6.02. The van der Waals surface area contributed by atoms with E-state index >= 15 is 0 Å². The van der Waals surface area contributed by atoms with E-state index in [1.165, 1.54) is 35.9 Å². The van der Waals surface area contributed by atoms with Gasteiger partial charge in [0.1, 0.15) is 5.82 Å². The molecule has 0 amide bonds. The van der Waals surface area contributed by atoms with E-state index in [9.17, 15) is 0 Å². The van der Waals surface area contributed by atoms with Crippen LogP contribution in [0.25, 0.3) is 10.9 Å². The van der Waals surface area contributed by atoms with Crippen LogP contribution in [-0.4, -0.2) is 36.1 Å². The molecule has 3 heteroatoms. The smallest absolute Gasteiger partial charge is 0.126 e. The summed E-state index contributed by atoms with van der Waals surface area (Å²) in [6.07, 6.45) is 3.67. The van der Waals surface area contributed by atoms with Crippen molar-refractivity contribution in [1.29, 1.82) is 0 Å². The molecule has 3 nitrogen and oxygen atoms in total. The number of rotatable bonds is 4. The zero-order valence-corrected chi connectivity index (χ0v) is 13.3. The molecule has 0 radical (unpaired) electrons. The van der Waals surface area contributed by atoms with Crippen LogP contribution in [0.4, 0.5) is 5.82 Å². The average molecular weight is 283 g/mol. The fourth-order valence-corrected chi connectivity index (χ4v) is 3.21. The molecule has 1 atom stereocenters. The third-order valence-corrected chi connectivity index (χ3v) is 4.68. The minimum atomic E-state index is 0.644. The number of likely N-dealkylation sites (tertiary alicyclic amines) is 1. The number of hydrogen-bond acceptors (Lipinski definition) is 3. The van der Waals surface area contributed by atoms with Crippen molar-refractivity contribution in [2.75, 3.05) is 25.5 Å². The van der Waals surface area contributed by atoms with Gasteiger partial charge in [0.15, 0.2) is 0 Å². The summed E-state index contributed by atoms with van der Waals surface area (Å²) in [5, 5.41) is 4.80. The minimum absolute atomic E-state index is 0.644. The van der Waals surface area contributed by atoms with Gasteiger partial charge in [-0.2, -0.15) is 0 Å². The van der Waals surface area contributed by atoms with E-state index in [4.69, 9.17) is 4.98 Å². The Balaban J connectivity index is 1.80. The van der Waals surface area contributed by atoms with Crippen molar-refractivity contribution in [3.63, 3.8) is 0 Å². The lowest BCUT2D eigenvalue weighted by Gasteiger charge is -2.20. The van der Waals surface area contributed by atoms with Crippen LogP contribution >= 0.6 is 0 Å². The normalized spacial score (nSPS) is 19.3. The van der Waals surface area contributed by atoms with E-state index in [0.717, 1.165) is 24.3 Å². The van der Waals surface area contributed by atoms with Gasteiger partial charge in [-0.3, -0.25) is 0 Å². The van der Waals surface area contributed by atoms with Crippen molar-refractivity contribution in [1.82, 2.24) is 9.88 Å². The summed E-state index contributed by atoms with van der Waals surface area (Å²) in [6, 6.07) is 9.42. The van der Waals surface area contributed by atoms with Gasteiger partial charge in [-0.25, -0.2) is 4.98 Å². The number of likely N-dealkylation sites (N-methyl/N-ethyl adjacent to an activating group) is 1. The van der Waals surface area contributed by atoms with Crippen molar-refractivity contribution in [3.8, 4) is 0 Å². The standard InChI is InChI=1S/C18H25N3/c1-4-14-7-8-17-16(11-14)13(2)10-18(20-17)19-12-15-6-5-9-21(15)3/h7-8,10-11,15H,4-6,9,12H2,1-3H3,(H,19,20). The number of anilines is 1. The maximum Gasteiger partial charge on any atom is 0.126 e. The topological polar surface area (TPSA) is 28.2 Å². The maximum absolute atomic E-state index is 4.77. The summed E-state index contributed by atoms with van der Waals surface area (Å²) in [6.45, 7) is 6.58. The Morgan fingerprint density at radius 1 is 1.33 bits per heavy atom. The summed E-state index contributed by atoms with van der Waals surface area (Å²) in [5.74, 6) is 1.00. The highest BCUT2D eigenvalue weighted by molar-refractivity contribution is 5.84. The van der Waals surface area contributed by atoms with Gasteiger partial charge in [-0.05, 0) is 69.1 Å². The number of fused-ring (bicyclic) bond motifs is 1. The van der Waals surface area contributed by atoms with Gasteiger partial charge in [0, 0.05) is 18.0 Å². The van der Waals surface area contributed by atoms with Gasteiger partial charge in [-0.15, -0.1) is 0 Å². The zero-order chi connectivity index (χ0) is 14.8. The Morgan fingerprint density at radius 2 is 2.19 bits per heavy atom. The maximum atomic E-state index is 4.77. The first kappa shape index (κ1) is 14.3. The van der Waals surface area contributed by atoms with Crippen LogP contribution < -0.4 is 5.32 Å². The SMILES string of the molecule is CCc1ccc2nc(NCC3CCCN3C)cc(C)c2c1. The highest BCUT2D eigenvalue weighted by atomic mass is 15.2. The number of aryl methyl sites for hydroxylation is 2. The lowest BCUT2D eigenvalue weighted by atomic mass is 10.1. The zero-order valence-electron chi connectivity index (χ0n) is 13.3. The molecular weight excluding hydrogens is 258 g/mol. The molecule has 1 unspecified atom stereocenters. The van der Waals surface area contributed by atoms with Crippen LogP contribution in [0.2, 0.25) is 0 Å². The van der Waals surface area contributed by atoms with Gasteiger partial charge in [0.2, 0.25) is 0 Å². The van der Waals surface area contributed by atoms with Crippen LogP contribution in [0.1, 0.15) is 30.9 Å². The molecule has 112 valence electrons. The number of pyridine rings is 1. The first-order chi connectivity index (χ1) is 10.2. The fourth-order valence-electron chi connectivity index (χ4n) is 3.21. The largest absolute Gasteiger partial charge is 0.368 e. The molecular formula is C18H25N3.